The van der Waals surface area contributed by atoms with Crippen LogP contribution in [-0.2, 0) is 11.3 Å². The van der Waals surface area contributed by atoms with Crippen molar-refractivity contribution in [2.75, 3.05) is 20.3 Å². The number of methoxy groups -OCH3 is 1. The van der Waals surface area contributed by atoms with E-state index in [1.807, 2.05) is 30.5 Å². The van der Waals surface area contributed by atoms with Crippen LogP contribution in [0, 0.1) is 0 Å². The zero-order valence-corrected chi connectivity index (χ0v) is 12.9. The van der Waals surface area contributed by atoms with Crippen molar-refractivity contribution in [1.29, 1.82) is 0 Å². The molecule has 2 aromatic rings. The average molecular weight is 345 g/mol. The van der Waals surface area contributed by atoms with E-state index >= 15 is 0 Å². The second-order valence-corrected chi connectivity index (χ2v) is 5.34. The van der Waals surface area contributed by atoms with Crippen LogP contribution >= 0.6 is 27.5 Å². The number of nitrogens with one attached hydrogen (secondary N) is 1. The minimum atomic E-state index is 0.671. The van der Waals surface area contributed by atoms with E-state index in [0.29, 0.717) is 18.2 Å². The highest BCUT2D eigenvalue weighted by Gasteiger charge is 2.06. The second-order valence-electron chi connectivity index (χ2n) is 4.02. The maximum atomic E-state index is 6.17. The van der Waals surface area contributed by atoms with Gasteiger partial charge in [-0.15, -0.1) is 0 Å². The molecule has 19 heavy (non-hydrogen) atoms. The molecule has 0 aliphatic heterocycles. The predicted octanol–water partition coefficient (Wildman–Crippen LogP) is 3.02. The first-order chi connectivity index (χ1) is 9.20. The summed E-state index contributed by atoms with van der Waals surface area (Å²) in [6, 6.07) is 7.66. The molecule has 0 aliphatic carbocycles. The molecule has 0 bridgehead atoms. The Morgan fingerprint density at radius 1 is 1.42 bits per heavy atom. The van der Waals surface area contributed by atoms with Gasteiger partial charge in [0.2, 0.25) is 0 Å². The minimum Gasteiger partial charge on any atom is -0.383 e. The van der Waals surface area contributed by atoms with Crippen LogP contribution in [0.4, 0.5) is 0 Å². The van der Waals surface area contributed by atoms with Gasteiger partial charge in [0.1, 0.15) is 0 Å². The smallest absolute Gasteiger partial charge is 0.0843 e. The third kappa shape index (κ3) is 4.04. The molecule has 2 rings (SSSR count). The van der Waals surface area contributed by atoms with Gasteiger partial charge in [0.25, 0.3) is 0 Å². The largest absolute Gasteiger partial charge is 0.383 e. The number of halogens is 2. The van der Waals surface area contributed by atoms with Gasteiger partial charge in [0, 0.05) is 30.9 Å². The monoisotopic (exact) mass is 343 g/mol. The van der Waals surface area contributed by atoms with Crippen LogP contribution < -0.4 is 5.32 Å². The van der Waals surface area contributed by atoms with Crippen LogP contribution in [0.1, 0.15) is 5.69 Å². The summed E-state index contributed by atoms with van der Waals surface area (Å²) in [5, 5.41) is 8.41. The predicted molar refractivity (Wildman–Crippen MR) is 79.9 cm³/mol. The minimum absolute atomic E-state index is 0.671. The molecule has 0 radical (unpaired) electrons. The lowest BCUT2D eigenvalue weighted by Crippen LogP contribution is -2.18. The standard InChI is InChI=1S/C13H15BrClN3O/c1-19-7-5-16-9-11-4-6-18(17-11)13-8-10(14)2-3-12(13)15/h2-4,6,8,16H,5,7,9H2,1H3. The molecule has 0 aliphatic rings. The molecule has 4 nitrogen and oxygen atoms in total. The third-order valence-corrected chi connectivity index (χ3v) is 3.40. The number of aromatic nitrogens is 2. The average Bonchev–Trinajstić information content (AvgIpc) is 2.86. The van der Waals surface area contributed by atoms with Crippen LogP contribution in [0.2, 0.25) is 5.02 Å². The molecule has 0 amide bonds. The van der Waals surface area contributed by atoms with Gasteiger partial charge in [-0.1, -0.05) is 27.5 Å². The first kappa shape index (κ1) is 14.5. The van der Waals surface area contributed by atoms with E-state index in [1.165, 1.54) is 0 Å². The summed E-state index contributed by atoms with van der Waals surface area (Å²) in [5.41, 5.74) is 1.83. The van der Waals surface area contributed by atoms with E-state index in [9.17, 15) is 0 Å². The summed E-state index contributed by atoms with van der Waals surface area (Å²) in [6.07, 6.45) is 1.90. The summed E-state index contributed by atoms with van der Waals surface area (Å²) in [4.78, 5) is 0. The molecule has 1 aromatic carbocycles. The molecule has 0 saturated heterocycles. The maximum absolute atomic E-state index is 6.17. The van der Waals surface area contributed by atoms with Gasteiger partial charge in [-0.25, -0.2) is 4.68 Å². The Morgan fingerprint density at radius 2 is 2.26 bits per heavy atom. The van der Waals surface area contributed by atoms with Crippen molar-refractivity contribution >= 4 is 27.5 Å². The Hall–Kier alpha value is -0.880. The van der Waals surface area contributed by atoms with Gasteiger partial charge in [0.15, 0.2) is 0 Å². The summed E-state index contributed by atoms with van der Waals surface area (Å²) in [6.45, 7) is 2.21. The molecule has 1 aromatic heterocycles. The van der Waals surface area contributed by atoms with Crippen molar-refractivity contribution in [3.63, 3.8) is 0 Å². The Bertz CT molecular complexity index is 544. The lowest BCUT2D eigenvalue weighted by Gasteiger charge is -2.05. The fourth-order valence-electron chi connectivity index (χ4n) is 1.64. The van der Waals surface area contributed by atoms with Gasteiger partial charge in [0.05, 0.1) is 23.0 Å². The fraction of sp³-hybridized carbons (Fsp3) is 0.308. The van der Waals surface area contributed by atoms with Crippen molar-refractivity contribution < 1.29 is 4.74 Å². The number of benzene rings is 1. The lowest BCUT2D eigenvalue weighted by atomic mass is 10.3. The van der Waals surface area contributed by atoms with Crippen LogP contribution in [0.5, 0.6) is 0 Å². The van der Waals surface area contributed by atoms with Crippen LogP contribution in [0.3, 0.4) is 0 Å². The molecule has 102 valence electrons. The molecule has 0 unspecified atom stereocenters. The van der Waals surface area contributed by atoms with Gasteiger partial charge in [-0.2, -0.15) is 5.10 Å². The molecular formula is C13H15BrClN3O. The molecule has 0 spiro atoms. The lowest BCUT2D eigenvalue weighted by molar-refractivity contribution is 0.199. The first-order valence-electron chi connectivity index (χ1n) is 5.90. The number of rotatable bonds is 6. The fourth-order valence-corrected chi connectivity index (χ4v) is 2.20. The highest BCUT2D eigenvalue weighted by molar-refractivity contribution is 9.10. The van der Waals surface area contributed by atoms with Gasteiger partial charge in [-0.3, -0.25) is 0 Å². The third-order valence-electron chi connectivity index (χ3n) is 2.59. The zero-order chi connectivity index (χ0) is 13.7. The molecule has 0 saturated carbocycles. The van der Waals surface area contributed by atoms with Crippen molar-refractivity contribution in [3.8, 4) is 5.69 Å². The number of hydrogen-bond donors (Lipinski definition) is 1. The van der Waals surface area contributed by atoms with Crippen molar-refractivity contribution in [3.05, 3.63) is 45.7 Å². The Kier molecular flexibility index (Phi) is 5.39. The van der Waals surface area contributed by atoms with Crippen LogP contribution in [-0.4, -0.2) is 30.0 Å². The first-order valence-corrected chi connectivity index (χ1v) is 7.07. The Labute approximate surface area is 125 Å². The SMILES string of the molecule is COCCNCc1ccn(-c2cc(Br)ccc2Cl)n1. The number of hydrogen-bond acceptors (Lipinski definition) is 3. The van der Waals surface area contributed by atoms with E-state index in [1.54, 1.807) is 11.8 Å². The molecule has 0 fully saturated rings. The quantitative estimate of drug-likeness (QED) is 0.819. The van der Waals surface area contributed by atoms with Crippen molar-refractivity contribution in [2.24, 2.45) is 0 Å². The van der Waals surface area contributed by atoms with E-state index in [2.05, 4.69) is 26.3 Å². The van der Waals surface area contributed by atoms with E-state index in [0.717, 1.165) is 22.4 Å². The normalized spacial score (nSPS) is 10.9. The summed E-state index contributed by atoms with van der Waals surface area (Å²) < 4.78 is 7.72. The van der Waals surface area contributed by atoms with Crippen molar-refractivity contribution in [1.82, 2.24) is 15.1 Å². The Morgan fingerprint density at radius 3 is 3.05 bits per heavy atom. The molecule has 1 heterocycles. The number of nitrogens with zero attached hydrogens (tertiary/aromatic N) is 2. The maximum Gasteiger partial charge on any atom is 0.0843 e. The molecule has 6 heteroatoms. The van der Waals surface area contributed by atoms with E-state index < -0.39 is 0 Å². The van der Waals surface area contributed by atoms with Gasteiger partial charge >= 0.3 is 0 Å². The second kappa shape index (κ2) is 7.05. The van der Waals surface area contributed by atoms with E-state index in [4.69, 9.17) is 16.3 Å². The molecular weight excluding hydrogens is 330 g/mol. The highest BCUT2D eigenvalue weighted by Crippen LogP contribution is 2.24. The summed E-state index contributed by atoms with van der Waals surface area (Å²) in [7, 11) is 1.69. The molecule has 0 atom stereocenters. The zero-order valence-electron chi connectivity index (χ0n) is 10.6. The number of ether oxygens (including phenoxy) is 1. The van der Waals surface area contributed by atoms with Crippen LogP contribution in [0.25, 0.3) is 5.69 Å². The molecule has 1 N–H and O–H groups in total. The van der Waals surface area contributed by atoms with Crippen LogP contribution in [0.15, 0.2) is 34.9 Å². The summed E-state index contributed by atoms with van der Waals surface area (Å²) in [5.74, 6) is 0. The van der Waals surface area contributed by atoms with Crippen molar-refractivity contribution in [2.45, 2.75) is 6.54 Å². The van der Waals surface area contributed by atoms with E-state index in [-0.39, 0.29) is 0 Å². The van der Waals surface area contributed by atoms with Gasteiger partial charge in [-0.05, 0) is 24.3 Å². The summed E-state index contributed by atoms with van der Waals surface area (Å²) >= 11 is 9.61. The highest BCUT2D eigenvalue weighted by atomic mass is 79.9. The van der Waals surface area contributed by atoms with Gasteiger partial charge < -0.3 is 10.1 Å². The Balaban J connectivity index is 2.06. The topological polar surface area (TPSA) is 39.1 Å².